The summed E-state index contributed by atoms with van der Waals surface area (Å²) in [6, 6.07) is 5.64. The minimum absolute atomic E-state index is 0.157. The first-order chi connectivity index (χ1) is 7.20. The van der Waals surface area contributed by atoms with Gasteiger partial charge in [-0.05, 0) is 24.5 Å². The Morgan fingerprint density at radius 2 is 1.87 bits per heavy atom. The van der Waals surface area contributed by atoms with E-state index in [1.807, 2.05) is 12.1 Å². The Morgan fingerprint density at radius 1 is 1.13 bits per heavy atom. The highest BCUT2D eigenvalue weighted by molar-refractivity contribution is 6.42. The van der Waals surface area contributed by atoms with E-state index >= 15 is 0 Å². The van der Waals surface area contributed by atoms with Gasteiger partial charge in [0.15, 0.2) is 0 Å². The van der Waals surface area contributed by atoms with Crippen molar-refractivity contribution < 1.29 is 5.11 Å². The van der Waals surface area contributed by atoms with Crippen LogP contribution < -0.4 is 0 Å². The highest BCUT2D eigenvalue weighted by Crippen LogP contribution is 2.38. The smallest absolute Gasteiger partial charge is 0.0628 e. The lowest BCUT2D eigenvalue weighted by molar-refractivity contribution is 0.106. The van der Waals surface area contributed by atoms with E-state index in [-0.39, 0.29) is 12.0 Å². The van der Waals surface area contributed by atoms with E-state index in [0.29, 0.717) is 10.0 Å². The molecule has 15 heavy (non-hydrogen) atoms. The van der Waals surface area contributed by atoms with Gasteiger partial charge in [0, 0.05) is 5.92 Å². The Kier molecular flexibility index (Phi) is 3.55. The zero-order valence-corrected chi connectivity index (χ0v) is 9.93. The second-order valence-corrected chi connectivity index (χ2v) is 4.89. The summed E-state index contributed by atoms with van der Waals surface area (Å²) in [4.78, 5) is 0. The number of hydrogen-bond donors (Lipinski definition) is 1. The lowest BCUT2D eigenvalue weighted by atomic mass is 9.82. The average Bonchev–Trinajstić information content (AvgIpc) is 2.23. The molecule has 1 nitrogen and oxygen atoms in total. The molecule has 2 unspecified atom stereocenters. The third kappa shape index (κ3) is 2.30. The van der Waals surface area contributed by atoms with E-state index < -0.39 is 0 Å². The minimum Gasteiger partial charge on any atom is -0.392 e. The van der Waals surface area contributed by atoms with Gasteiger partial charge in [-0.3, -0.25) is 0 Å². The zero-order chi connectivity index (χ0) is 10.8. The molecule has 1 N–H and O–H groups in total. The van der Waals surface area contributed by atoms with E-state index in [1.165, 1.54) is 0 Å². The Bertz CT molecular complexity index is 351. The average molecular weight is 245 g/mol. The zero-order valence-electron chi connectivity index (χ0n) is 8.42. The quantitative estimate of drug-likeness (QED) is 0.792. The number of rotatable bonds is 1. The molecule has 1 aromatic rings. The Morgan fingerprint density at radius 3 is 2.60 bits per heavy atom. The summed E-state index contributed by atoms with van der Waals surface area (Å²) >= 11 is 12.1. The molecule has 1 saturated carbocycles. The van der Waals surface area contributed by atoms with Gasteiger partial charge in [0.25, 0.3) is 0 Å². The summed E-state index contributed by atoms with van der Waals surface area (Å²) in [7, 11) is 0. The van der Waals surface area contributed by atoms with E-state index in [0.717, 1.165) is 31.2 Å². The predicted molar refractivity (Wildman–Crippen MR) is 63.7 cm³/mol. The Hall–Kier alpha value is -0.240. The maximum Gasteiger partial charge on any atom is 0.0628 e. The van der Waals surface area contributed by atoms with Crippen LogP contribution in [-0.2, 0) is 0 Å². The normalized spacial score (nSPS) is 26.6. The number of aliphatic hydroxyl groups is 1. The summed E-state index contributed by atoms with van der Waals surface area (Å²) in [6.45, 7) is 0. The molecule has 2 rings (SSSR count). The summed E-state index contributed by atoms with van der Waals surface area (Å²) in [5.74, 6) is 0.157. The van der Waals surface area contributed by atoms with Crippen LogP contribution in [0.3, 0.4) is 0 Å². The second-order valence-electron chi connectivity index (χ2n) is 4.10. The maximum absolute atomic E-state index is 9.94. The van der Waals surface area contributed by atoms with Gasteiger partial charge in [-0.2, -0.15) is 0 Å². The van der Waals surface area contributed by atoms with E-state index in [2.05, 4.69) is 0 Å². The van der Waals surface area contributed by atoms with Crippen molar-refractivity contribution in [2.75, 3.05) is 0 Å². The van der Waals surface area contributed by atoms with Crippen LogP contribution in [0.4, 0.5) is 0 Å². The van der Waals surface area contributed by atoms with Gasteiger partial charge in [-0.15, -0.1) is 0 Å². The summed E-state index contributed by atoms with van der Waals surface area (Å²) in [5.41, 5.74) is 0.997. The standard InChI is InChI=1S/C12H14Cl2O/c13-10-6-3-5-9(12(10)14)8-4-1-2-7-11(8)15/h3,5-6,8,11,15H,1-2,4,7H2. The fraction of sp³-hybridized carbons (Fsp3) is 0.500. The van der Waals surface area contributed by atoms with E-state index in [1.54, 1.807) is 6.07 Å². The molecule has 0 heterocycles. The highest BCUT2D eigenvalue weighted by Gasteiger charge is 2.26. The van der Waals surface area contributed by atoms with Crippen molar-refractivity contribution >= 4 is 23.2 Å². The molecule has 1 aromatic carbocycles. The first-order valence-corrected chi connectivity index (χ1v) is 6.07. The summed E-state index contributed by atoms with van der Waals surface area (Å²) in [6.07, 6.45) is 3.87. The lowest BCUT2D eigenvalue weighted by Gasteiger charge is -2.28. The van der Waals surface area contributed by atoms with Crippen LogP contribution in [0.15, 0.2) is 18.2 Å². The molecule has 1 aliphatic rings. The van der Waals surface area contributed by atoms with Crippen molar-refractivity contribution in [3.05, 3.63) is 33.8 Å². The largest absolute Gasteiger partial charge is 0.392 e. The van der Waals surface area contributed by atoms with Crippen LogP contribution in [0.1, 0.15) is 37.2 Å². The molecule has 2 atom stereocenters. The first kappa shape index (κ1) is 11.3. The molecular weight excluding hydrogens is 231 g/mol. The van der Waals surface area contributed by atoms with E-state index in [4.69, 9.17) is 23.2 Å². The monoisotopic (exact) mass is 244 g/mol. The fourth-order valence-electron chi connectivity index (χ4n) is 2.28. The third-order valence-electron chi connectivity index (χ3n) is 3.11. The third-order valence-corrected chi connectivity index (χ3v) is 3.94. The number of benzene rings is 1. The molecule has 1 aliphatic carbocycles. The van der Waals surface area contributed by atoms with Crippen molar-refractivity contribution in [2.24, 2.45) is 0 Å². The molecule has 0 spiro atoms. The molecule has 0 saturated heterocycles. The van der Waals surface area contributed by atoms with Crippen LogP contribution >= 0.6 is 23.2 Å². The number of hydrogen-bond acceptors (Lipinski definition) is 1. The lowest BCUT2D eigenvalue weighted by Crippen LogP contribution is -2.22. The minimum atomic E-state index is -0.269. The van der Waals surface area contributed by atoms with Crippen LogP contribution in [0.25, 0.3) is 0 Å². The van der Waals surface area contributed by atoms with Gasteiger partial charge < -0.3 is 5.11 Å². The molecule has 0 aliphatic heterocycles. The van der Waals surface area contributed by atoms with Crippen LogP contribution in [0.2, 0.25) is 10.0 Å². The maximum atomic E-state index is 9.94. The molecule has 0 radical (unpaired) electrons. The molecule has 3 heteroatoms. The number of aliphatic hydroxyl groups excluding tert-OH is 1. The van der Waals surface area contributed by atoms with E-state index in [9.17, 15) is 5.11 Å². The van der Waals surface area contributed by atoms with Crippen molar-refractivity contribution in [1.82, 2.24) is 0 Å². The van der Waals surface area contributed by atoms with Crippen LogP contribution in [0, 0.1) is 0 Å². The molecule has 0 bridgehead atoms. The molecular formula is C12H14Cl2O. The van der Waals surface area contributed by atoms with Gasteiger partial charge in [-0.25, -0.2) is 0 Å². The van der Waals surface area contributed by atoms with Gasteiger partial charge in [0.05, 0.1) is 16.1 Å². The van der Waals surface area contributed by atoms with Crippen molar-refractivity contribution in [3.63, 3.8) is 0 Å². The van der Waals surface area contributed by atoms with Crippen molar-refractivity contribution in [2.45, 2.75) is 37.7 Å². The van der Waals surface area contributed by atoms with Crippen LogP contribution in [0.5, 0.6) is 0 Å². The molecule has 82 valence electrons. The highest BCUT2D eigenvalue weighted by atomic mass is 35.5. The van der Waals surface area contributed by atoms with Crippen LogP contribution in [-0.4, -0.2) is 11.2 Å². The molecule has 0 aromatic heterocycles. The molecule has 1 fully saturated rings. The summed E-state index contributed by atoms with van der Waals surface area (Å²) < 4.78 is 0. The topological polar surface area (TPSA) is 20.2 Å². The first-order valence-electron chi connectivity index (χ1n) is 5.32. The Labute approximate surface area is 100 Å². The van der Waals surface area contributed by atoms with Crippen molar-refractivity contribution in [1.29, 1.82) is 0 Å². The molecule has 0 amide bonds. The second kappa shape index (κ2) is 4.73. The van der Waals surface area contributed by atoms with Gasteiger partial charge in [-0.1, -0.05) is 48.2 Å². The van der Waals surface area contributed by atoms with Gasteiger partial charge in [0.2, 0.25) is 0 Å². The van der Waals surface area contributed by atoms with Gasteiger partial charge in [0.1, 0.15) is 0 Å². The van der Waals surface area contributed by atoms with Gasteiger partial charge >= 0.3 is 0 Å². The SMILES string of the molecule is OC1CCCCC1c1cccc(Cl)c1Cl. The summed E-state index contributed by atoms with van der Waals surface area (Å²) in [5, 5.41) is 11.1. The number of halogens is 2. The fourth-order valence-corrected chi connectivity index (χ4v) is 2.73. The Balaban J connectivity index is 2.31. The predicted octanol–water partition coefficient (Wildman–Crippen LogP) is 4.01. The van der Waals surface area contributed by atoms with Crippen molar-refractivity contribution in [3.8, 4) is 0 Å².